The maximum Gasteiger partial charge on any atom is 0.325 e. The number of esters is 1. The molecule has 3 amide bonds. The zero-order chi connectivity index (χ0) is 16.5. The van der Waals surface area contributed by atoms with Gasteiger partial charge in [-0.15, -0.1) is 0 Å². The van der Waals surface area contributed by atoms with E-state index in [-0.39, 0.29) is 5.84 Å². The summed E-state index contributed by atoms with van der Waals surface area (Å²) in [5.74, 6) is -1.32. The van der Waals surface area contributed by atoms with Crippen LogP contribution in [0.25, 0.3) is 0 Å². The Morgan fingerprint density at radius 1 is 1.36 bits per heavy atom. The minimum Gasteiger partial charge on any atom is -0.468 e. The normalized spacial score (nSPS) is 20.7. The Labute approximate surface area is 126 Å². The molecule has 8 nitrogen and oxygen atoms in total. The number of amidine groups is 1. The van der Waals surface area contributed by atoms with E-state index in [9.17, 15) is 14.4 Å². The average Bonchev–Trinajstić information content (AvgIpc) is 2.71. The van der Waals surface area contributed by atoms with Gasteiger partial charge in [-0.05, 0) is 12.5 Å². The number of nitrogens with one attached hydrogen (secondary N) is 2. The number of nitrogen functional groups attached to an aromatic ring is 1. The number of rotatable bonds is 4. The third-order valence-corrected chi connectivity index (χ3v) is 3.56. The maximum absolute atomic E-state index is 12.5. The van der Waals surface area contributed by atoms with E-state index in [4.69, 9.17) is 11.1 Å². The Morgan fingerprint density at radius 3 is 2.45 bits per heavy atom. The van der Waals surface area contributed by atoms with E-state index >= 15 is 0 Å². The molecule has 1 saturated heterocycles. The van der Waals surface area contributed by atoms with E-state index in [1.807, 2.05) is 0 Å². The van der Waals surface area contributed by atoms with Crippen LogP contribution in [0.1, 0.15) is 18.1 Å². The third kappa shape index (κ3) is 2.50. The molecule has 0 aliphatic carbocycles. The first kappa shape index (κ1) is 15.5. The van der Waals surface area contributed by atoms with Gasteiger partial charge in [-0.2, -0.15) is 0 Å². The number of nitrogens with zero attached hydrogens (tertiary/aromatic N) is 1. The highest BCUT2D eigenvalue weighted by molar-refractivity contribution is 6.09. The van der Waals surface area contributed by atoms with Crippen molar-refractivity contribution in [1.82, 2.24) is 10.2 Å². The number of hydrogen-bond acceptors (Lipinski definition) is 5. The van der Waals surface area contributed by atoms with Gasteiger partial charge < -0.3 is 15.8 Å². The van der Waals surface area contributed by atoms with Gasteiger partial charge in [0.2, 0.25) is 0 Å². The minimum atomic E-state index is -1.28. The number of urea groups is 1. The number of benzene rings is 1. The van der Waals surface area contributed by atoms with Gasteiger partial charge in [0.05, 0.1) is 7.11 Å². The molecule has 0 unspecified atom stereocenters. The van der Waals surface area contributed by atoms with Crippen LogP contribution in [-0.2, 0) is 19.9 Å². The van der Waals surface area contributed by atoms with Gasteiger partial charge in [-0.1, -0.05) is 24.3 Å². The molecule has 0 bridgehead atoms. The highest BCUT2D eigenvalue weighted by Gasteiger charge is 2.49. The van der Waals surface area contributed by atoms with Crippen molar-refractivity contribution in [2.45, 2.75) is 12.5 Å². The number of ether oxygens (including phenoxy) is 1. The summed E-state index contributed by atoms with van der Waals surface area (Å²) >= 11 is 0. The molecule has 1 aromatic carbocycles. The first-order valence-electron chi connectivity index (χ1n) is 6.45. The second-order valence-electron chi connectivity index (χ2n) is 5.01. The van der Waals surface area contributed by atoms with Crippen LogP contribution >= 0.6 is 0 Å². The highest BCUT2D eigenvalue weighted by Crippen LogP contribution is 2.28. The number of carbonyl (C=O) groups is 3. The van der Waals surface area contributed by atoms with Crippen molar-refractivity contribution in [3.05, 3.63) is 35.4 Å². The van der Waals surface area contributed by atoms with Crippen molar-refractivity contribution < 1.29 is 19.1 Å². The van der Waals surface area contributed by atoms with E-state index < -0.39 is 30.0 Å². The summed E-state index contributed by atoms with van der Waals surface area (Å²) in [5.41, 5.74) is 5.14. The summed E-state index contributed by atoms with van der Waals surface area (Å²) in [6.07, 6.45) is 0. The number of amides is 3. The predicted molar refractivity (Wildman–Crippen MR) is 77.1 cm³/mol. The molecule has 8 heteroatoms. The molecule has 0 spiro atoms. The molecule has 116 valence electrons. The summed E-state index contributed by atoms with van der Waals surface area (Å²) in [5, 5.41) is 9.92. The van der Waals surface area contributed by atoms with Crippen molar-refractivity contribution >= 4 is 23.7 Å². The summed E-state index contributed by atoms with van der Waals surface area (Å²) < 4.78 is 4.47. The van der Waals surface area contributed by atoms with E-state index in [1.165, 1.54) is 7.11 Å². The fraction of sp³-hybridized carbons (Fsp3) is 0.286. The molecule has 4 N–H and O–H groups in total. The first-order valence-corrected chi connectivity index (χ1v) is 6.45. The monoisotopic (exact) mass is 304 g/mol. The van der Waals surface area contributed by atoms with Crippen LogP contribution in [0.2, 0.25) is 0 Å². The molecular weight excluding hydrogens is 288 g/mol. The second kappa shape index (κ2) is 5.47. The predicted octanol–water partition coefficient (Wildman–Crippen LogP) is -0.0893. The molecule has 0 saturated carbocycles. The molecule has 0 aromatic heterocycles. The van der Waals surface area contributed by atoms with Crippen molar-refractivity contribution in [3.8, 4) is 0 Å². The largest absolute Gasteiger partial charge is 0.468 e. The molecule has 22 heavy (non-hydrogen) atoms. The fourth-order valence-electron chi connectivity index (χ4n) is 2.21. The van der Waals surface area contributed by atoms with Gasteiger partial charge in [-0.3, -0.25) is 19.9 Å². The van der Waals surface area contributed by atoms with E-state index in [0.717, 1.165) is 4.90 Å². The number of imide groups is 1. The number of carbonyl (C=O) groups excluding carboxylic acids is 3. The smallest absolute Gasteiger partial charge is 0.325 e. The van der Waals surface area contributed by atoms with Gasteiger partial charge >= 0.3 is 12.0 Å². The van der Waals surface area contributed by atoms with Gasteiger partial charge in [0.15, 0.2) is 0 Å². The number of methoxy groups -OCH3 is 1. The van der Waals surface area contributed by atoms with Crippen LogP contribution in [-0.4, -0.2) is 42.3 Å². The van der Waals surface area contributed by atoms with Crippen LogP contribution in [0.4, 0.5) is 4.79 Å². The molecular formula is C14H16N4O4. The summed E-state index contributed by atoms with van der Waals surface area (Å²) in [6, 6.07) is 5.73. The molecule has 1 heterocycles. The van der Waals surface area contributed by atoms with Gasteiger partial charge in [0.1, 0.15) is 17.9 Å². The molecule has 1 aliphatic rings. The zero-order valence-corrected chi connectivity index (χ0v) is 12.2. The Balaban J connectivity index is 2.30. The topological polar surface area (TPSA) is 126 Å². The minimum absolute atomic E-state index is 0.0918. The molecule has 1 aliphatic heterocycles. The molecule has 1 atom stereocenters. The lowest BCUT2D eigenvalue weighted by molar-refractivity contribution is -0.145. The van der Waals surface area contributed by atoms with Gasteiger partial charge in [-0.25, -0.2) is 4.79 Å². The fourth-order valence-corrected chi connectivity index (χ4v) is 2.21. The summed E-state index contributed by atoms with van der Waals surface area (Å²) in [7, 11) is 1.18. The average molecular weight is 304 g/mol. The second-order valence-corrected chi connectivity index (χ2v) is 5.01. The Hall–Kier alpha value is -2.90. The van der Waals surface area contributed by atoms with Crippen LogP contribution < -0.4 is 11.1 Å². The SMILES string of the molecule is COC(=O)CN1C(=O)N[C@](C)(c2ccc(C(=N)N)cc2)C1=O. The molecule has 1 aromatic rings. The summed E-state index contributed by atoms with van der Waals surface area (Å²) in [6.45, 7) is 1.11. The lowest BCUT2D eigenvalue weighted by Crippen LogP contribution is -2.41. The number of hydrogen-bond donors (Lipinski definition) is 3. The van der Waals surface area contributed by atoms with E-state index in [0.29, 0.717) is 11.1 Å². The standard InChI is InChI=1S/C14H16N4O4/c1-14(9-5-3-8(4-6-9)11(15)16)12(20)18(13(21)17-14)7-10(19)22-2/h3-6H,7H2,1-2H3,(H3,15,16)(H,17,21)/t14-/m1/s1. The van der Waals surface area contributed by atoms with Crippen LogP contribution in [0.5, 0.6) is 0 Å². The first-order chi connectivity index (χ1) is 10.3. The van der Waals surface area contributed by atoms with E-state index in [1.54, 1.807) is 31.2 Å². The quantitative estimate of drug-likeness (QED) is 0.310. The third-order valence-electron chi connectivity index (χ3n) is 3.56. The zero-order valence-electron chi connectivity index (χ0n) is 12.2. The lowest BCUT2D eigenvalue weighted by atomic mass is 9.91. The number of nitrogens with two attached hydrogens (primary N) is 1. The van der Waals surface area contributed by atoms with Crippen molar-refractivity contribution in [1.29, 1.82) is 5.41 Å². The van der Waals surface area contributed by atoms with Crippen molar-refractivity contribution in [2.24, 2.45) is 5.73 Å². The van der Waals surface area contributed by atoms with E-state index in [2.05, 4.69) is 10.1 Å². The van der Waals surface area contributed by atoms with Crippen LogP contribution in [0.3, 0.4) is 0 Å². The Kier molecular flexibility index (Phi) is 3.85. The van der Waals surface area contributed by atoms with Crippen molar-refractivity contribution in [2.75, 3.05) is 13.7 Å². The molecule has 1 fully saturated rings. The van der Waals surface area contributed by atoms with Crippen LogP contribution in [0, 0.1) is 5.41 Å². The Morgan fingerprint density at radius 2 is 1.95 bits per heavy atom. The molecule has 2 rings (SSSR count). The van der Waals surface area contributed by atoms with Gasteiger partial charge in [0.25, 0.3) is 5.91 Å². The van der Waals surface area contributed by atoms with Crippen molar-refractivity contribution in [3.63, 3.8) is 0 Å². The lowest BCUT2D eigenvalue weighted by Gasteiger charge is -2.22. The Bertz CT molecular complexity index is 655. The summed E-state index contributed by atoms with van der Waals surface area (Å²) in [4.78, 5) is 36.5. The maximum atomic E-state index is 12.5. The highest BCUT2D eigenvalue weighted by atomic mass is 16.5. The molecule has 0 radical (unpaired) electrons. The van der Waals surface area contributed by atoms with Crippen LogP contribution in [0.15, 0.2) is 24.3 Å². The van der Waals surface area contributed by atoms with Gasteiger partial charge in [0, 0.05) is 5.56 Å².